The Morgan fingerprint density at radius 1 is 1.00 bits per heavy atom. The van der Waals surface area contributed by atoms with Crippen molar-refractivity contribution in [2.24, 2.45) is 0 Å². The van der Waals surface area contributed by atoms with Crippen molar-refractivity contribution in [1.82, 2.24) is 8.01 Å². The van der Waals surface area contributed by atoms with Gasteiger partial charge < -0.3 is 0 Å². The summed E-state index contributed by atoms with van der Waals surface area (Å²) in [6, 6.07) is 2.05. The maximum absolute atomic E-state index is 2.57. The highest BCUT2D eigenvalue weighted by molar-refractivity contribution is 14.1. The Hall–Kier alpha value is 0.650. The summed E-state index contributed by atoms with van der Waals surface area (Å²) in [6.45, 7) is 12.6. The van der Waals surface area contributed by atoms with E-state index in [1.54, 1.807) is 0 Å². The van der Waals surface area contributed by atoms with E-state index in [4.69, 9.17) is 0 Å². The smallest absolute Gasteiger partial charge is 0.0201 e. The maximum atomic E-state index is 2.57. The van der Waals surface area contributed by atoms with Crippen LogP contribution in [0.2, 0.25) is 0 Å². The zero-order valence-electron chi connectivity index (χ0n) is 11.1. The summed E-state index contributed by atoms with van der Waals surface area (Å²) in [5, 5.41) is 0. The lowest BCUT2D eigenvalue weighted by Crippen LogP contribution is -2.39. The lowest BCUT2D eigenvalue weighted by atomic mass is 10.1. The molecule has 0 saturated carbocycles. The van der Waals surface area contributed by atoms with Gasteiger partial charge in [-0.05, 0) is 54.1 Å². The van der Waals surface area contributed by atoms with Gasteiger partial charge in [0.05, 0.1) is 0 Å². The highest BCUT2D eigenvalue weighted by atomic mass is 127. The van der Waals surface area contributed by atoms with Gasteiger partial charge in [0.25, 0.3) is 0 Å². The van der Waals surface area contributed by atoms with Crippen LogP contribution < -0.4 is 0 Å². The fraction of sp³-hybridized carbons (Fsp3) is 1.00. The van der Waals surface area contributed by atoms with Crippen LogP contribution in [0.5, 0.6) is 0 Å². The van der Waals surface area contributed by atoms with E-state index in [-0.39, 0.29) is 0 Å². The molecular formula is C12H27IN2. The largest absolute Gasteiger partial charge is 0.299 e. The molecule has 0 aliphatic heterocycles. The van der Waals surface area contributed by atoms with Crippen LogP contribution in [0.4, 0.5) is 0 Å². The zero-order chi connectivity index (χ0) is 12.0. The number of hydrogen-bond donors (Lipinski definition) is 0. The minimum atomic E-state index is 0.664. The first kappa shape index (κ1) is 15.7. The summed E-state index contributed by atoms with van der Waals surface area (Å²) in [5.74, 6) is 0. The molecule has 0 aliphatic rings. The van der Waals surface area contributed by atoms with Gasteiger partial charge >= 0.3 is 0 Å². The molecule has 0 aromatic carbocycles. The molecule has 0 saturated heterocycles. The fourth-order valence-electron chi connectivity index (χ4n) is 2.01. The molecule has 0 heterocycles. The third kappa shape index (κ3) is 6.07. The molecule has 0 radical (unpaired) electrons. The lowest BCUT2D eigenvalue weighted by molar-refractivity contribution is 0.159. The second-order valence-corrected chi connectivity index (χ2v) is 6.25. The molecule has 2 atom stereocenters. The van der Waals surface area contributed by atoms with E-state index >= 15 is 0 Å². The summed E-state index contributed by atoms with van der Waals surface area (Å²) in [4.78, 5) is 2.57. The predicted molar refractivity (Wildman–Crippen MR) is 77.5 cm³/mol. The molecule has 0 aromatic heterocycles. The Labute approximate surface area is 110 Å². The first-order valence-electron chi connectivity index (χ1n) is 6.04. The third-order valence-electron chi connectivity index (χ3n) is 3.20. The molecule has 0 spiro atoms. The van der Waals surface area contributed by atoms with E-state index in [1.807, 2.05) is 0 Å². The standard InChI is InChI=1S/C12H27IN2/c1-7-15(10(2)3)12(5)9-8-11(4)14(6)13/h10-12H,7-9H2,1-6H3. The van der Waals surface area contributed by atoms with Crippen molar-refractivity contribution in [3.05, 3.63) is 0 Å². The van der Waals surface area contributed by atoms with E-state index in [2.05, 4.69) is 72.5 Å². The van der Waals surface area contributed by atoms with Crippen LogP contribution >= 0.6 is 22.9 Å². The molecule has 3 heteroatoms. The molecule has 0 amide bonds. The van der Waals surface area contributed by atoms with Crippen molar-refractivity contribution in [2.75, 3.05) is 13.6 Å². The van der Waals surface area contributed by atoms with Gasteiger partial charge in [-0.2, -0.15) is 0 Å². The highest BCUT2D eigenvalue weighted by Gasteiger charge is 2.16. The van der Waals surface area contributed by atoms with E-state index in [1.165, 1.54) is 12.8 Å². The summed E-state index contributed by atoms with van der Waals surface area (Å²) >= 11 is 2.37. The van der Waals surface area contributed by atoms with Crippen LogP contribution in [0.3, 0.4) is 0 Å². The van der Waals surface area contributed by atoms with Crippen LogP contribution in [0.25, 0.3) is 0 Å². The quantitative estimate of drug-likeness (QED) is 0.521. The Kier molecular flexibility index (Phi) is 8.19. The number of halogens is 1. The van der Waals surface area contributed by atoms with Crippen LogP contribution in [0, 0.1) is 0 Å². The van der Waals surface area contributed by atoms with Crippen molar-refractivity contribution in [1.29, 1.82) is 0 Å². The van der Waals surface area contributed by atoms with Crippen molar-refractivity contribution in [3.63, 3.8) is 0 Å². The first-order valence-corrected chi connectivity index (χ1v) is 7.00. The van der Waals surface area contributed by atoms with E-state index in [0.29, 0.717) is 18.1 Å². The van der Waals surface area contributed by atoms with E-state index in [0.717, 1.165) is 6.54 Å². The van der Waals surface area contributed by atoms with Gasteiger partial charge in [0.1, 0.15) is 0 Å². The minimum Gasteiger partial charge on any atom is -0.299 e. The monoisotopic (exact) mass is 326 g/mol. The molecule has 0 aromatic rings. The van der Waals surface area contributed by atoms with Crippen molar-refractivity contribution < 1.29 is 0 Å². The summed E-state index contributed by atoms with van der Waals surface area (Å²) in [6.07, 6.45) is 2.57. The molecule has 2 unspecified atom stereocenters. The Morgan fingerprint density at radius 2 is 1.47 bits per heavy atom. The number of hydrogen-bond acceptors (Lipinski definition) is 2. The van der Waals surface area contributed by atoms with Gasteiger partial charge in [-0.1, -0.05) is 6.92 Å². The second-order valence-electron chi connectivity index (χ2n) is 4.72. The average Bonchev–Trinajstić information content (AvgIpc) is 2.14. The van der Waals surface area contributed by atoms with Gasteiger partial charge in [0, 0.05) is 41.0 Å². The van der Waals surface area contributed by atoms with E-state index in [9.17, 15) is 0 Å². The van der Waals surface area contributed by atoms with E-state index < -0.39 is 0 Å². The molecule has 0 fully saturated rings. The normalized spacial score (nSPS) is 16.4. The van der Waals surface area contributed by atoms with Crippen LogP contribution in [-0.4, -0.2) is 39.7 Å². The number of rotatable bonds is 7. The topological polar surface area (TPSA) is 6.48 Å². The average molecular weight is 326 g/mol. The SMILES string of the molecule is CCN(C(C)C)C(C)CCC(C)N(C)I. The molecule has 2 nitrogen and oxygen atoms in total. The summed E-state index contributed by atoms with van der Waals surface area (Å²) in [7, 11) is 2.15. The molecule has 15 heavy (non-hydrogen) atoms. The lowest BCUT2D eigenvalue weighted by Gasteiger charge is -2.32. The summed E-state index contributed by atoms with van der Waals surface area (Å²) in [5.41, 5.74) is 0. The van der Waals surface area contributed by atoms with Crippen LogP contribution in [0.15, 0.2) is 0 Å². The van der Waals surface area contributed by atoms with Crippen LogP contribution in [-0.2, 0) is 0 Å². The van der Waals surface area contributed by atoms with Crippen molar-refractivity contribution in [3.8, 4) is 0 Å². The molecule has 92 valence electrons. The number of nitrogens with zero attached hydrogens (tertiary/aromatic N) is 2. The fourth-order valence-corrected chi connectivity index (χ4v) is 2.29. The Morgan fingerprint density at radius 3 is 1.80 bits per heavy atom. The van der Waals surface area contributed by atoms with Crippen molar-refractivity contribution >= 4 is 22.9 Å². The highest BCUT2D eigenvalue weighted by Crippen LogP contribution is 2.15. The van der Waals surface area contributed by atoms with Gasteiger partial charge in [-0.25, -0.2) is 3.11 Å². The molecular weight excluding hydrogens is 299 g/mol. The molecule has 0 aliphatic carbocycles. The van der Waals surface area contributed by atoms with Gasteiger partial charge in [0.15, 0.2) is 0 Å². The molecule has 0 rings (SSSR count). The van der Waals surface area contributed by atoms with Gasteiger partial charge in [0.2, 0.25) is 0 Å². The predicted octanol–water partition coefficient (Wildman–Crippen LogP) is 3.56. The third-order valence-corrected chi connectivity index (χ3v) is 4.16. The van der Waals surface area contributed by atoms with Gasteiger partial charge in [-0.3, -0.25) is 4.90 Å². The zero-order valence-corrected chi connectivity index (χ0v) is 13.3. The maximum Gasteiger partial charge on any atom is 0.0201 e. The first-order chi connectivity index (χ1) is 6.90. The van der Waals surface area contributed by atoms with Gasteiger partial charge in [-0.15, -0.1) is 0 Å². The second kappa shape index (κ2) is 7.85. The van der Waals surface area contributed by atoms with Crippen LogP contribution in [0.1, 0.15) is 47.5 Å². The summed E-state index contributed by atoms with van der Waals surface area (Å²) < 4.78 is 2.27. The molecule has 0 bridgehead atoms. The van der Waals surface area contributed by atoms with Crippen molar-refractivity contribution in [2.45, 2.75) is 65.6 Å². The molecule has 0 N–H and O–H groups in total. The Bertz CT molecular complexity index is 160. The minimum absolute atomic E-state index is 0.664. The Balaban J connectivity index is 3.95.